The molecule has 0 N–H and O–H groups in total. The summed E-state index contributed by atoms with van der Waals surface area (Å²) in [6.45, 7) is 9.62. The largest absolute Gasteiger partial charge is 0.300 e. The summed E-state index contributed by atoms with van der Waals surface area (Å²) in [6.07, 6.45) is 7.04. The number of rotatable bonds is 4. The minimum absolute atomic E-state index is 0.888. The fraction of sp³-hybridized carbons (Fsp3) is 1.00. The van der Waals surface area contributed by atoms with Crippen molar-refractivity contribution in [3.05, 3.63) is 0 Å². The minimum atomic E-state index is 0.888. The molecule has 1 heterocycles. The van der Waals surface area contributed by atoms with Crippen molar-refractivity contribution in [2.24, 2.45) is 5.92 Å². The molecule has 0 aliphatic carbocycles. The third kappa shape index (κ3) is 2.98. The molecule has 0 aromatic rings. The molecule has 1 heteroatoms. The van der Waals surface area contributed by atoms with Crippen molar-refractivity contribution in [2.45, 2.75) is 58.9 Å². The zero-order valence-electron chi connectivity index (χ0n) is 9.55. The minimum Gasteiger partial charge on any atom is -0.300 e. The maximum atomic E-state index is 2.68. The lowest BCUT2D eigenvalue weighted by atomic mass is 9.87. The Morgan fingerprint density at radius 1 is 1.31 bits per heavy atom. The maximum absolute atomic E-state index is 2.68. The Hall–Kier alpha value is -0.0400. The van der Waals surface area contributed by atoms with Crippen LogP contribution >= 0.6 is 0 Å². The Kier molecular flexibility index (Phi) is 4.79. The van der Waals surface area contributed by atoms with Gasteiger partial charge in [-0.15, -0.1) is 0 Å². The molecule has 1 aliphatic heterocycles. The quantitative estimate of drug-likeness (QED) is 0.646. The predicted octanol–water partition coefficient (Wildman–Crippen LogP) is 3.30. The van der Waals surface area contributed by atoms with Crippen LogP contribution in [0.3, 0.4) is 0 Å². The van der Waals surface area contributed by atoms with Crippen LogP contribution in [0.25, 0.3) is 0 Å². The van der Waals surface area contributed by atoms with Crippen LogP contribution in [-0.2, 0) is 0 Å². The van der Waals surface area contributed by atoms with Crippen molar-refractivity contribution < 1.29 is 0 Å². The SMILES string of the molecule is CCCCC1C(C)CCCN1CC. The van der Waals surface area contributed by atoms with Crippen LogP contribution in [0.2, 0.25) is 0 Å². The highest BCUT2D eigenvalue weighted by atomic mass is 15.2. The first-order valence-electron chi connectivity index (χ1n) is 6.03. The van der Waals surface area contributed by atoms with Crippen LogP contribution in [-0.4, -0.2) is 24.0 Å². The molecule has 0 aromatic carbocycles. The average Bonchev–Trinajstić information content (AvgIpc) is 2.15. The lowest BCUT2D eigenvalue weighted by Gasteiger charge is -2.39. The van der Waals surface area contributed by atoms with Crippen LogP contribution in [0.1, 0.15) is 52.9 Å². The second-order valence-corrected chi connectivity index (χ2v) is 4.46. The third-order valence-corrected chi connectivity index (χ3v) is 3.49. The van der Waals surface area contributed by atoms with E-state index in [1.807, 2.05) is 0 Å². The first-order chi connectivity index (χ1) is 6.29. The van der Waals surface area contributed by atoms with Gasteiger partial charge in [-0.1, -0.05) is 33.6 Å². The fourth-order valence-corrected chi connectivity index (χ4v) is 2.61. The number of likely N-dealkylation sites (tertiary alicyclic amines) is 1. The Balaban J connectivity index is 2.41. The van der Waals surface area contributed by atoms with Gasteiger partial charge in [-0.05, 0) is 38.3 Å². The van der Waals surface area contributed by atoms with Crippen molar-refractivity contribution in [3.63, 3.8) is 0 Å². The van der Waals surface area contributed by atoms with Gasteiger partial charge in [0.05, 0.1) is 0 Å². The van der Waals surface area contributed by atoms with Gasteiger partial charge in [0.1, 0.15) is 0 Å². The molecule has 0 radical (unpaired) electrons. The van der Waals surface area contributed by atoms with Crippen molar-refractivity contribution in [1.29, 1.82) is 0 Å². The van der Waals surface area contributed by atoms with Crippen molar-refractivity contribution in [1.82, 2.24) is 4.90 Å². The highest BCUT2D eigenvalue weighted by Gasteiger charge is 2.26. The van der Waals surface area contributed by atoms with Crippen molar-refractivity contribution in [2.75, 3.05) is 13.1 Å². The number of hydrogen-bond donors (Lipinski definition) is 0. The summed E-state index contributed by atoms with van der Waals surface area (Å²) in [5.41, 5.74) is 0. The second-order valence-electron chi connectivity index (χ2n) is 4.46. The maximum Gasteiger partial charge on any atom is 0.0121 e. The summed E-state index contributed by atoms with van der Waals surface area (Å²) >= 11 is 0. The second kappa shape index (κ2) is 5.64. The smallest absolute Gasteiger partial charge is 0.0121 e. The average molecular weight is 183 g/mol. The number of piperidine rings is 1. The van der Waals surface area contributed by atoms with Gasteiger partial charge in [-0.25, -0.2) is 0 Å². The highest BCUT2D eigenvalue weighted by Crippen LogP contribution is 2.26. The van der Waals surface area contributed by atoms with Crippen molar-refractivity contribution >= 4 is 0 Å². The predicted molar refractivity (Wildman–Crippen MR) is 59.0 cm³/mol. The van der Waals surface area contributed by atoms with Crippen LogP contribution in [0.5, 0.6) is 0 Å². The summed E-state index contributed by atoms with van der Waals surface area (Å²) in [5, 5.41) is 0. The summed E-state index contributed by atoms with van der Waals surface area (Å²) in [7, 11) is 0. The molecule has 78 valence electrons. The standard InChI is InChI=1S/C12H25N/c1-4-6-9-12-11(3)8-7-10-13(12)5-2/h11-12H,4-10H2,1-3H3. The molecule has 2 unspecified atom stereocenters. The van der Waals surface area contributed by atoms with E-state index in [0.29, 0.717) is 0 Å². The lowest BCUT2D eigenvalue weighted by molar-refractivity contribution is 0.0983. The van der Waals surface area contributed by atoms with E-state index in [0.717, 1.165) is 12.0 Å². The van der Waals surface area contributed by atoms with E-state index in [9.17, 15) is 0 Å². The van der Waals surface area contributed by atoms with Crippen LogP contribution in [0.15, 0.2) is 0 Å². The summed E-state index contributed by atoms with van der Waals surface area (Å²) in [4.78, 5) is 2.68. The van der Waals surface area contributed by atoms with E-state index >= 15 is 0 Å². The molecule has 0 aromatic heterocycles. The Labute approximate surface area is 83.5 Å². The molecule has 0 saturated carbocycles. The van der Waals surface area contributed by atoms with Gasteiger partial charge in [0, 0.05) is 6.04 Å². The molecule has 1 aliphatic rings. The van der Waals surface area contributed by atoms with Crippen LogP contribution in [0.4, 0.5) is 0 Å². The third-order valence-electron chi connectivity index (χ3n) is 3.49. The van der Waals surface area contributed by atoms with Crippen LogP contribution < -0.4 is 0 Å². The van der Waals surface area contributed by atoms with E-state index in [-0.39, 0.29) is 0 Å². The van der Waals surface area contributed by atoms with Gasteiger partial charge >= 0.3 is 0 Å². The number of unbranched alkanes of at least 4 members (excludes halogenated alkanes) is 1. The zero-order valence-corrected chi connectivity index (χ0v) is 9.55. The molecule has 1 rings (SSSR count). The van der Waals surface area contributed by atoms with E-state index in [1.54, 1.807) is 0 Å². The molecule has 1 saturated heterocycles. The molecule has 0 spiro atoms. The monoisotopic (exact) mass is 183 g/mol. The van der Waals surface area contributed by atoms with Gasteiger partial charge in [-0.2, -0.15) is 0 Å². The molecule has 2 atom stereocenters. The topological polar surface area (TPSA) is 3.24 Å². The first-order valence-corrected chi connectivity index (χ1v) is 6.03. The van der Waals surface area contributed by atoms with Crippen molar-refractivity contribution in [3.8, 4) is 0 Å². The number of nitrogens with zero attached hydrogens (tertiary/aromatic N) is 1. The molecule has 0 bridgehead atoms. The molecule has 1 nitrogen and oxygen atoms in total. The molecule has 13 heavy (non-hydrogen) atoms. The summed E-state index contributed by atoms with van der Waals surface area (Å²) < 4.78 is 0. The van der Waals surface area contributed by atoms with E-state index < -0.39 is 0 Å². The van der Waals surface area contributed by atoms with E-state index in [2.05, 4.69) is 25.7 Å². The van der Waals surface area contributed by atoms with E-state index in [1.165, 1.54) is 45.2 Å². The van der Waals surface area contributed by atoms with Crippen LogP contribution in [0, 0.1) is 5.92 Å². The summed E-state index contributed by atoms with van der Waals surface area (Å²) in [5.74, 6) is 0.931. The molecular weight excluding hydrogens is 158 g/mol. The number of hydrogen-bond acceptors (Lipinski definition) is 1. The first kappa shape index (κ1) is 11.0. The molecular formula is C12H25N. The van der Waals surface area contributed by atoms with Gasteiger partial charge < -0.3 is 4.90 Å². The van der Waals surface area contributed by atoms with Gasteiger partial charge in [0.15, 0.2) is 0 Å². The Bertz CT molecular complexity index is 133. The van der Waals surface area contributed by atoms with Gasteiger partial charge in [-0.3, -0.25) is 0 Å². The van der Waals surface area contributed by atoms with Gasteiger partial charge in [0.2, 0.25) is 0 Å². The lowest BCUT2D eigenvalue weighted by Crippen LogP contribution is -2.44. The zero-order chi connectivity index (χ0) is 9.68. The fourth-order valence-electron chi connectivity index (χ4n) is 2.61. The Morgan fingerprint density at radius 3 is 2.69 bits per heavy atom. The Morgan fingerprint density at radius 2 is 2.08 bits per heavy atom. The normalized spacial score (nSPS) is 30.7. The summed E-state index contributed by atoms with van der Waals surface area (Å²) in [6, 6.07) is 0.888. The van der Waals surface area contributed by atoms with E-state index in [4.69, 9.17) is 0 Å². The highest BCUT2D eigenvalue weighted by molar-refractivity contribution is 4.81. The molecule has 0 amide bonds. The van der Waals surface area contributed by atoms with Gasteiger partial charge in [0.25, 0.3) is 0 Å². The molecule has 1 fully saturated rings.